The number of nitrogens with two attached hydrogens (primary N) is 1. The van der Waals surface area contributed by atoms with E-state index in [4.69, 9.17) is 10.5 Å². The third kappa shape index (κ3) is 1.66. The molecule has 1 rings (SSSR count). The van der Waals surface area contributed by atoms with Crippen molar-refractivity contribution < 1.29 is 4.74 Å². The van der Waals surface area contributed by atoms with E-state index in [1.54, 1.807) is 7.11 Å². The van der Waals surface area contributed by atoms with E-state index >= 15 is 0 Å². The number of ether oxygens (including phenoxy) is 1. The smallest absolute Gasteiger partial charge is 0.127 e. The summed E-state index contributed by atoms with van der Waals surface area (Å²) in [5, 5.41) is 3.18. The predicted molar refractivity (Wildman–Crippen MR) is 44.6 cm³/mol. The molecule has 0 fully saturated rings. The summed E-state index contributed by atoms with van der Waals surface area (Å²) in [5.41, 5.74) is 7.81. The van der Waals surface area contributed by atoms with Gasteiger partial charge in [-0.2, -0.15) is 0 Å². The molecule has 0 amide bonds. The van der Waals surface area contributed by atoms with Crippen molar-refractivity contribution >= 4 is 0 Å². The normalized spacial score (nSPS) is 31.9. The molecule has 0 bridgehead atoms. The highest BCUT2D eigenvalue weighted by Crippen LogP contribution is 2.20. The molecule has 0 aromatic rings. The second kappa shape index (κ2) is 3.13. The van der Waals surface area contributed by atoms with E-state index in [0.29, 0.717) is 5.92 Å². The molecular weight excluding hydrogens is 140 g/mol. The van der Waals surface area contributed by atoms with Gasteiger partial charge >= 0.3 is 0 Å². The zero-order chi connectivity index (χ0) is 8.43. The molecule has 0 saturated heterocycles. The molecule has 2 atom stereocenters. The van der Waals surface area contributed by atoms with Gasteiger partial charge in [0.05, 0.1) is 0 Å². The van der Waals surface area contributed by atoms with Crippen molar-refractivity contribution in [3.05, 3.63) is 11.4 Å². The Bertz CT molecular complexity index is 177. The molecule has 1 aliphatic rings. The van der Waals surface area contributed by atoms with Gasteiger partial charge in [-0.3, -0.25) is 0 Å². The van der Waals surface area contributed by atoms with Crippen LogP contribution >= 0.6 is 0 Å². The lowest BCUT2D eigenvalue weighted by atomic mass is 9.98. The zero-order valence-electron chi connectivity index (χ0n) is 7.35. The number of nitrogens with one attached hydrogen (secondary N) is 1. The Morgan fingerprint density at radius 2 is 2.27 bits per heavy atom. The maximum atomic E-state index is 5.80. The average Bonchev–Trinajstić information content (AvgIpc) is 1.99. The predicted octanol–water partition coefficient (Wildman–Crippen LogP) is 0.779. The quantitative estimate of drug-likeness (QED) is 0.589. The van der Waals surface area contributed by atoms with Crippen LogP contribution in [-0.2, 0) is 4.74 Å². The molecule has 2 unspecified atom stereocenters. The summed E-state index contributed by atoms with van der Waals surface area (Å²) in [7, 11) is 1.71. The van der Waals surface area contributed by atoms with Crippen LogP contribution in [0.5, 0.6) is 0 Å². The monoisotopic (exact) mass is 156 g/mol. The average molecular weight is 156 g/mol. The van der Waals surface area contributed by atoms with Crippen LogP contribution in [0, 0.1) is 5.92 Å². The first-order valence-electron chi connectivity index (χ1n) is 3.90. The van der Waals surface area contributed by atoms with Crippen LogP contribution in [0.15, 0.2) is 11.4 Å². The van der Waals surface area contributed by atoms with Crippen LogP contribution in [0.1, 0.15) is 20.3 Å². The van der Waals surface area contributed by atoms with Crippen molar-refractivity contribution in [3.8, 4) is 0 Å². The first kappa shape index (κ1) is 8.40. The van der Waals surface area contributed by atoms with Crippen molar-refractivity contribution in [2.45, 2.75) is 26.5 Å². The Morgan fingerprint density at radius 1 is 1.64 bits per heavy atom. The largest absolute Gasteiger partial charge is 0.400 e. The molecule has 0 aromatic carbocycles. The highest BCUT2D eigenvalue weighted by Gasteiger charge is 2.21. The topological polar surface area (TPSA) is 47.3 Å². The Morgan fingerprint density at radius 3 is 2.73 bits per heavy atom. The van der Waals surface area contributed by atoms with Crippen LogP contribution < -0.4 is 11.1 Å². The molecule has 0 spiro atoms. The Labute approximate surface area is 67.6 Å². The highest BCUT2D eigenvalue weighted by molar-refractivity contribution is 5.13. The van der Waals surface area contributed by atoms with Gasteiger partial charge in [0, 0.05) is 30.8 Å². The number of methoxy groups -OCH3 is 1. The van der Waals surface area contributed by atoms with Crippen LogP contribution in [-0.4, -0.2) is 13.3 Å². The minimum atomic E-state index is 0.136. The SMILES string of the molecule is COC1CC(C)C(N)=C(C)N1. The van der Waals surface area contributed by atoms with Crippen LogP contribution in [0.25, 0.3) is 0 Å². The zero-order valence-corrected chi connectivity index (χ0v) is 7.35. The van der Waals surface area contributed by atoms with E-state index in [1.165, 1.54) is 0 Å². The van der Waals surface area contributed by atoms with Gasteiger partial charge in [-0.05, 0) is 6.92 Å². The van der Waals surface area contributed by atoms with Crippen molar-refractivity contribution in [2.24, 2.45) is 11.7 Å². The van der Waals surface area contributed by atoms with Crippen molar-refractivity contribution in [3.63, 3.8) is 0 Å². The maximum Gasteiger partial charge on any atom is 0.127 e. The summed E-state index contributed by atoms with van der Waals surface area (Å²) < 4.78 is 5.18. The Kier molecular flexibility index (Phi) is 2.39. The van der Waals surface area contributed by atoms with Gasteiger partial charge in [-0.15, -0.1) is 0 Å². The van der Waals surface area contributed by atoms with Gasteiger partial charge in [0.25, 0.3) is 0 Å². The van der Waals surface area contributed by atoms with Crippen LogP contribution in [0.2, 0.25) is 0 Å². The summed E-state index contributed by atoms with van der Waals surface area (Å²) in [6, 6.07) is 0. The number of hydrogen-bond donors (Lipinski definition) is 2. The minimum Gasteiger partial charge on any atom is -0.400 e. The lowest BCUT2D eigenvalue weighted by Gasteiger charge is -2.29. The molecule has 0 aromatic heterocycles. The Hall–Kier alpha value is -0.700. The molecular formula is C8H16N2O. The lowest BCUT2D eigenvalue weighted by molar-refractivity contribution is 0.0592. The molecule has 1 heterocycles. The third-order valence-electron chi connectivity index (χ3n) is 2.19. The lowest BCUT2D eigenvalue weighted by Crippen LogP contribution is -2.38. The van der Waals surface area contributed by atoms with E-state index in [9.17, 15) is 0 Å². The minimum absolute atomic E-state index is 0.136. The molecule has 3 N–H and O–H groups in total. The molecule has 3 nitrogen and oxygen atoms in total. The fourth-order valence-corrected chi connectivity index (χ4v) is 1.36. The summed E-state index contributed by atoms with van der Waals surface area (Å²) >= 11 is 0. The van der Waals surface area contributed by atoms with Crippen LogP contribution in [0.4, 0.5) is 0 Å². The summed E-state index contributed by atoms with van der Waals surface area (Å²) in [5.74, 6) is 0.432. The molecule has 11 heavy (non-hydrogen) atoms. The molecule has 0 aliphatic carbocycles. The number of allylic oxidation sites excluding steroid dienone is 2. The molecule has 64 valence electrons. The summed E-state index contributed by atoms with van der Waals surface area (Å²) in [4.78, 5) is 0. The van der Waals surface area contributed by atoms with Crippen LogP contribution in [0.3, 0.4) is 0 Å². The summed E-state index contributed by atoms with van der Waals surface area (Å²) in [6.07, 6.45) is 1.09. The molecule has 0 saturated carbocycles. The highest BCUT2D eigenvalue weighted by atomic mass is 16.5. The molecule has 0 radical (unpaired) electrons. The van der Waals surface area contributed by atoms with Gasteiger partial charge in [0.15, 0.2) is 0 Å². The maximum absolute atomic E-state index is 5.80. The molecule has 1 aliphatic heterocycles. The van der Waals surface area contributed by atoms with E-state index in [-0.39, 0.29) is 6.23 Å². The van der Waals surface area contributed by atoms with Gasteiger partial charge in [-0.1, -0.05) is 6.92 Å². The second-order valence-corrected chi connectivity index (χ2v) is 3.09. The standard InChI is InChI=1S/C8H16N2O/c1-5-4-7(11-3)10-6(2)8(5)9/h5,7,10H,4,9H2,1-3H3. The van der Waals surface area contributed by atoms with E-state index in [2.05, 4.69) is 12.2 Å². The van der Waals surface area contributed by atoms with Gasteiger partial charge in [-0.25, -0.2) is 0 Å². The fourth-order valence-electron chi connectivity index (χ4n) is 1.36. The number of rotatable bonds is 1. The van der Waals surface area contributed by atoms with Gasteiger partial charge in [0.2, 0.25) is 0 Å². The van der Waals surface area contributed by atoms with Gasteiger partial charge in [0.1, 0.15) is 6.23 Å². The van der Waals surface area contributed by atoms with Crippen molar-refractivity contribution in [1.82, 2.24) is 5.32 Å². The number of hydrogen-bond acceptors (Lipinski definition) is 3. The first-order chi connectivity index (χ1) is 5.15. The summed E-state index contributed by atoms with van der Waals surface area (Å²) in [6.45, 7) is 4.10. The Balaban J connectivity index is 2.68. The van der Waals surface area contributed by atoms with Crippen molar-refractivity contribution in [2.75, 3.05) is 7.11 Å². The van der Waals surface area contributed by atoms with E-state index < -0.39 is 0 Å². The van der Waals surface area contributed by atoms with Gasteiger partial charge < -0.3 is 15.8 Å². The van der Waals surface area contributed by atoms with Crippen molar-refractivity contribution in [1.29, 1.82) is 0 Å². The van der Waals surface area contributed by atoms with E-state index in [1.807, 2.05) is 6.92 Å². The third-order valence-corrected chi connectivity index (χ3v) is 2.19. The molecule has 3 heteroatoms. The fraction of sp³-hybridized carbons (Fsp3) is 0.750. The van der Waals surface area contributed by atoms with E-state index in [0.717, 1.165) is 17.8 Å². The first-order valence-corrected chi connectivity index (χ1v) is 3.90. The second-order valence-electron chi connectivity index (χ2n) is 3.09.